The molecule has 2 unspecified atom stereocenters. The van der Waals surface area contributed by atoms with Crippen LogP contribution < -0.4 is 11.1 Å². The quantitative estimate of drug-likeness (QED) is 0.852. The van der Waals surface area contributed by atoms with Crippen LogP contribution in [0.2, 0.25) is 0 Å². The van der Waals surface area contributed by atoms with E-state index in [0.717, 1.165) is 25.7 Å². The summed E-state index contributed by atoms with van der Waals surface area (Å²) < 4.78 is 0. The lowest BCUT2D eigenvalue weighted by Crippen LogP contribution is -2.37. The van der Waals surface area contributed by atoms with Gasteiger partial charge in [0, 0.05) is 24.0 Å². The van der Waals surface area contributed by atoms with Gasteiger partial charge in [0.15, 0.2) is 0 Å². The van der Waals surface area contributed by atoms with Gasteiger partial charge in [0.05, 0.1) is 11.2 Å². The third-order valence-electron chi connectivity index (χ3n) is 2.90. The van der Waals surface area contributed by atoms with E-state index in [9.17, 15) is 5.73 Å². The van der Waals surface area contributed by atoms with Gasteiger partial charge in [-0.1, -0.05) is 12.8 Å². The van der Waals surface area contributed by atoms with E-state index in [1.807, 2.05) is 11.6 Å². The second kappa shape index (κ2) is 5.58. The molecule has 1 aromatic rings. The standard InChI is InChI=1S/C11H17N3S/c12-10-4-2-1-3-9(14-10)5-6-11-13-7-8-15-11/h7-10,14H,1-6H2. The minimum absolute atomic E-state index is 0.297. The Morgan fingerprint density at radius 1 is 1.47 bits per heavy atom. The van der Waals surface area contributed by atoms with E-state index in [1.54, 1.807) is 11.3 Å². The highest BCUT2D eigenvalue weighted by Gasteiger charge is 2.17. The van der Waals surface area contributed by atoms with Crippen molar-refractivity contribution < 1.29 is 0 Å². The zero-order chi connectivity index (χ0) is 10.5. The molecule has 0 saturated carbocycles. The summed E-state index contributed by atoms with van der Waals surface area (Å²) in [4.78, 5) is 4.27. The number of aryl methyl sites for hydroxylation is 1. The summed E-state index contributed by atoms with van der Waals surface area (Å²) in [5.41, 5.74) is 9.59. The summed E-state index contributed by atoms with van der Waals surface area (Å²) in [5, 5.41) is 6.50. The molecule has 0 amide bonds. The number of nitrogens with zero attached hydrogens (tertiary/aromatic N) is 2. The van der Waals surface area contributed by atoms with Crippen LogP contribution in [0.25, 0.3) is 0 Å². The fraction of sp³-hybridized carbons (Fsp3) is 0.727. The molecule has 15 heavy (non-hydrogen) atoms. The molecule has 1 saturated heterocycles. The molecule has 1 aromatic heterocycles. The van der Waals surface area contributed by atoms with E-state index >= 15 is 0 Å². The lowest BCUT2D eigenvalue weighted by molar-refractivity contribution is 0.410. The molecule has 0 aliphatic carbocycles. The van der Waals surface area contributed by atoms with Crippen molar-refractivity contribution in [3.05, 3.63) is 16.6 Å². The Morgan fingerprint density at radius 3 is 3.13 bits per heavy atom. The van der Waals surface area contributed by atoms with Crippen LogP contribution in [-0.2, 0) is 6.42 Å². The van der Waals surface area contributed by atoms with Crippen LogP contribution in [0, 0.1) is 0 Å². The summed E-state index contributed by atoms with van der Waals surface area (Å²) in [5.74, 6) is 0. The van der Waals surface area contributed by atoms with Crippen molar-refractivity contribution >= 4 is 11.3 Å². The van der Waals surface area contributed by atoms with Crippen LogP contribution >= 0.6 is 11.3 Å². The molecule has 3 nitrogen and oxygen atoms in total. The molecule has 2 rings (SSSR count). The first kappa shape index (κ1) is 11.0. The van der Waals surface area contributed by atoms with Gasteiger partial charge in [-0.2, -0.15) is 0 Å². The van der Waals surface area contributed by atoms with Crippen molar-refractivity contribution in [1.82, 2.24) is 16.0 Å². The molecule has 1 aliphatic heterocycles. The number of nitrogens with one attached hydrogen (secondary N) is 1. The molecule has 1 N–H and O–H groups in total. The van der Waals surface area contributed by atoms with Crippen molar-refractivity contribution in [2.75, 3.05) is 0 Å². The largest absolute Gasteiger partial charge is 0.297 e. The van der Waals surface area contributed by atoms with Gasteiger partial charge in [-0.15, -0.1) is 17.1 Å². The van der Waals surface area contributed by atoms with Crippen LogP contribution in [0.1, 0.15) is 37.1 Å². The van der Waals surface area contributed by atoms with Crippen molar-refractivity contribution in [3.8, 4) is 0 Å². The maximum absolute atomic E-state index is 9.59. The van der Waals surface area contributed by atoms with Crippen LogP contribution in [0.15, 0.2) is 11.6 Å². The number of hydrogen-bond acceptors (Lipinski definition) is 3. The first-order valence-corrected chi connectivity index (χ1v) is 6.55. The lowest BCUT2D eigenvalue weighted by Gasteiger charge is -2.17. The molecule has 2 heterocycles. The molecule has 82 valence electrons. The highest BCUT2D eigenvalue weighted by Crippen LogP contribution is 2.16. The van der Waals surface area contributed by atoms with Gasteiger partial charge < -0.3 is 0 Å². The summed E-state index contributed by atoms with van der Waals surface area (Å²) in [7, 11) is 0. The molecule has 0 spiro atoms. The third kappa shape index (κ3) is 3.55. The minimum atomic E-state index is -0.297. The van der Waals surface area contributed by atoms with Crippen LogP contribution in [0.4, 0.5) is 0 Å². The van der Waals surface area contributed by atoms with Crippen LogP contribution in [0.5, 0.6) is 0 Å². The number of rotatable bonds is 3. The smallest absolute Gasteiger partial charge is 0.0928 e. The topological polar surface area (TPSA) is 47.2 Å². The van der Waals surface area contributed by atoms with Gasteiger partial charge in [0.1, 0.15) is 0 Å². The van der Waals surface area contributed by atoms with Crippen LogP contribution in [-0.4, -0.2) is 17.2 Å². The van der Waals surface area contributed by atoms with Gasteiger partial charge in [0.25, 0.3) is 0 Å². The second-order valence-corrected chi connectivity index (χ2v) is 5.11. The molecule has 4 heteroatoms. The van der Waals surface area contributed by atoms with E-state index in [1.165, 1.54) is 17.8 Å². The average Bonchev–Trinajstić information content (AvgIpc) is 2.65. The Hall–Kier alpha value is -0.450. The van der Waals surface area contributed by atoms with Crippen molar-refractivity contribution in [2.45, 2.75) is 50.7 Å². The Morgan fingerprint density at radius 2 is 2.33 bits per heavy atom. The number of thiazole rings is 1. The highest BCUT2D eigenvalue weighted by molar-refractivity contribution is 7.09. The molecule has 1 aliphatic rings. The molecular weight excluding hydrogens is 206 g/mol. The van der Waals surface area contributed by atoms with Crippen LogP contribution in [0.3, 0.4) is 0 Å². The van der Waals surface area contributed by atoms with E-state index in [4.69, 9.17) is 0 Å². The number of hydrogen-bond donors (Lipinski definition) is 1. The maximum Gasteiger partial charge on any atom is 0.0928 e. The molecular formula is C11H17N3S. The van der Waals surface area contributed by atoms with Gasteiger partial charge in [0.2, 0.25) is 0 Å². The Bertz CT molecular complexity index is 273. The Balaban J connectivity index is 1.78. The van der Waals surface area contributed by atoms with Crippen molar-refractivity contribution in [2.24, 2.45) is 0 Å². The Kier molecular flexibility index (Phi) is 4.11. The fourth-order valence-electron chi connectivity index (χ4n) is 2.07. The fourth-order valence-corrected chi connectivity index (χ4v) is 2.71. The average molecular weight is 223 g/mol. The molecule has 0 aromatic carbocycles. The maximum atomic E-state index is 9.59. The SMILES string of the molecule is [N]C1CCCCC(CCc2nccs2)N1. The lowest BCUT2D eigenvalue weighted by atomic mass is 10.1. The highest BCUT2D eigenvalue weighted by atomic mass is 32.1. The summed E-state index contributed by atoms with van der Waals surface area (Å²) in [6.45, 7) is 0. The van der Waals surface area contributed by atoms with Crippen molar-refractivity contribution in [1.29, 1.82) is 0 Å². The summed E-state index contributed by atoms with van der Waals surface area (Å²) >= 11 is 1.72. The van der Waals surface area contributed by atoms with Crippen molar-refractivity contribution in [3.63, 3.8) is 0 Å². The summed E-state index contributed by atoms with van der Waals surface area (Å²) in [6.07, 6.45) is 8.13. The van der Waals surface area contributed by atoms with E-state index in [-0.39, 0.29) is 6.17 Å². The minimum Gasteiger partial charge on any atom is -0.297 e. The Labute approximate surface area is 95.1 Å². The predicted molar refractivity (Wildman–Crippen MR) is 61.7 cm³/mol. The molecule has 0 bridgehead atoms. The zero-order valence-corrected chi connectivity index (χ0v) is 9.67. The van der Waals surface area contributed by atoms with Gasteiger partial charge in [-0.25, -0.2) is 4.98 Å². The first-order valence-electron chi connectivity index (χ1n) is 5.67. The molecule has 1 fully saturated rings. The van der Waals surface area contributed by atoms with Gasteiger partial charge in [-0.05, 0) is 19.3 Å². The monoisotopic (exact) mass is 223 g/mol. The molecule has 2 atom stereocenters. The number of aromatic nitrogens is 1. The zero-order valence-electron chi connectivity index (χ0n) is 8.85. The van der Waals surface area contributed by atoms with Gasteiger partial charge >= 0.3 is 0 Å². The summed E-state index contributed by atoms with van der Waals surface area (Å²) in [6, 6.07) is 0.464. The normalized spacial score (nSPS) is 27.5. The predicted octanol–water partition coefficient (Wildman–Crippen LogP) is 2.00. The second-order valence-electron chi connectivity index (χ2n) is 4.13. The first-order chi connectivity index (χ1) is 7.34. The third-order valence-corrected chi connectivity index (χ3v) is 3.74. The van der Waals surface area contributed by atoms with E-state index in [0.29, 0.717) is 6.04 Å². The van der Waals surface area contributed by atoms with E-state index < -0.39 is 0 Å². The van der Waals surface area contributed by atoms with Gasteiger partial charge in [-0.3, -0.25) is 5.32 Å². The molecule has 2 radical (unpaired) electrons. The van der Waals surface area contributed by atoms with E-state index in [2.05, 4.69) is 10.3 Å².